The second kappa shape index (κ2) is 12.4. The predicted octanol–water partition coefficient (Wildman–Crippen LogP) is 4.77. The number of hydrogen-bond acceptors (Lipinski definition) is 6. The SMILES string of the molecule is C=C(Nc1ccccc1C)c1cccc(C(=O)N2CCC3(CCCN(C(=O)c4cccc(-c5nc6c([nH]5)=CCCC=6)n4)C3)CC2)n1. The lowest BCUT2D eigenvalue weighted by Gasteiger charge is -2.47. The zero-order valence-electron chi connectivity index (χ0n) is 26.3. The monoisotopic (exact) mass is 613 g/mol. The van der Waals surface area contributed by atoms with Gasteiger partial charge in [0.25, 0.3) is 11.8 Å². The van der Waals surface area contributed by atoms with Crippen molar-refractivity contribution in [3.63, 3.8) is 0 Å². The molecule has 1 aliphatic carbocycles. The first-order chi connectivity index (χ1) is 22.4. The number of pyridine rings is 2. The molecule has 0 bridgehead atoms. The molecule has 9 heteroatoms. The molecule has 234 valence electrons. The molecule has 0 radical (unpaired) electrons. The quantitative estimate of drug-likeness (QED) is 0.325. The summed E-state index contributed by atoms with van der Waals surface area (Å²) < 4.78 is 0. The maximum Gasteiger partial charge on any atom is 0.272 e. The Balaban J connectivity index is 0.993. The number of piperidine rings is 2. The Kier molecular flexibility index (Phi) is 7.98. The summed E-state index contributed by atoms with van der Waals surface area (Å²) >= 11 is 0. The fourth-order valence-corrected chi connectivity index (χ4v) is 6.93. The van der Waals surface area contributed by atoms with Gasteiger partial charge in [0.2, 0.25) is 0 Å². The highest BCUT2D eigenvalue weighted by Crippen LogP contribution is 2.40. The maximum absolute atomic E-state index is 13.7. The fourth-order valence-electron chi connectivity index (χ4n) is 6.93. The third kappa shape index (κ3) is 5.97. The van der Waals surface area contributed by atoms with Crippen molar-refractivity contribution in [2.75, 3.05) is 31.5 Å². The Bertz CT molecular complexity index is 1900. The van der Waals surface area contributed by atoms with E-state index in [9.17, 15) is 9.59 Å². The van der Waals surface area contributed by atoms with E-state index in [0.717, 1.165) is 60.5 Å². The van der Waals surface area contributed by atoms with Crippen LogP contribution in [-0.2, 0) is 0 Å². The molecule has 7 rings (SSSR count). The second-order valence-corrected chi connectivity index (χ2v) is 12.7. The van der Waals surface area contributed by atoms with Crippen molar-refractivity contribution < 1.29 is 9.59 Å². The first kappa shape index (κ1) is 29.6. The third-order valence-electron chi connectivity index (χ3n) is 9.59. The molecule has 1 spiro atoms. The zero-order valence-corrected chi connectivity index (χ0v) is 26.3. The van der Waals surface area contributed by atoms with Crippen molar-refractivity contribution in [1.29, 1.82) is 0 Å². The molecule has 1 aromatic carbocycles. The third-order valence-corrected chi connectivity index (χ3v) is 9.59. The summed E-state index contributed by atoms with van der Waals surface area (Å²) in [5, 5.41) is 5.30. The highest BCUT2D eigenvalue weighted by atomic mass is 16.2. The number of rotatable bonds is 6. The van der Waals surface area contributed by atoms with Crippen LogP contribution in [0.15, 0.2) is 67.2 Å². The minimum Gasteiger partial charge on any atom is -0.354 e. The van der Waals surface area contributed by atoms with E-state index in [2.05, 4.69) is 34.0 Å². The van der Waals surface area contributed by atoms with Gasteiger partial charge in [-0.3, -0.25) is 9.59 Å². The van der Waals surface area contributed by atoms with Crippen LogP contribution in [0.2, 0.25) is 0 Å². The second-order valence-electron chi connectivity index (χ2n) is 12.7. The molecule has 2 amide bonds. The van der Waals surface area contributed by atoms with Crippen LogP contribution in [-0.4, -0.2) is 67.7 Å². The Labute approximate surface area is 268 Å². The number of anilines is 1. The molecule has 46 heavy (non-hydrogen) atoms. The number of nitrogens with one attached hydrogen (secondary N) is 2. The van der Waals surface area contributed by atoms with Crippen LogP contribution < -0.4 is 16.0 Å². The number of carbonyl (C=O) groups is 2. The molecular formula is C37H39N7O2. The van der Waals surface area contributed by atoms with Gasteiger partial charge in [-0.2, -0.15) is 0 Å². The minimum atomic E-state index is -0.0695. The van der Waals surface area contributed by atoms with E-state index < -0.39 is 0 Å². The van der Waals surface area contributed by atoms with Gasteiger partial charge >= 0.3 is 0 Å². The summed E-state index contributed by atoms with van der Waals surface area (Å²) in [5.41, 5.74) is 4.89. The number of likely N-dealkylation sites (tertiary alicyclic amines) is 2. The number of carbonyl (C=O) groups excluding carboxylic acids is 2. The summed E-state index contributed by atoms with van der Waals surface area (Å²) in [6.07, 6.45) is 9.96. The summed E-state index contributed by atoms with van der Waals surface area (Å²) in [5.74, 6) is 0.572. The van der Waals surface area contributed by atoms with E-state index >= 15 is 0 Å². The van der Waals surface area contributed by atoms with Gasteiger partial charge in [0, 0.05) is 31.9 Å². The molecular weight excluding hydrogens is 574 g/mol. The lowest BCUT2D eigenvalue weighted by atomic mass is 9.72. The van der Waals surface area contributed by atoms with E-state index in [1.165, 1.54) is 0 Å². The standard InChI is InChI=1S/C37H39N7O2/c1-25-10-3-4-11-27(25)38-26(2)28-14-7-16-32(39-28)35(45)43-22-19-37(20-23-43)18-9-21-44(24-37)36(46)33-17-8-15-31(40-33)34-41-29-12-5-6-13-30(29)42-34/h3-4,7-8,10-17,38H,2,5-6,9,18-24H2,1H3,(H,41,42). The number of H-pyrrole nitrogens is 1. The van der Waals surface area contributed by atoms with E-state index in [0.29, 0.717) is 60.5 Å². The van der Waals surface area contributed by atoms with Gasteiger partial charge in [0.05, 0.1) is 22.1 Å². The zero-order chi connectivity index (χ0) is 31.7. The molecule has 0 unspecified atom stereocenters. The average Bonchev–Trinajstić information content (AvgIpc) is 3.54. The van der Waals surface area contributed by atoms with Gasteiger partial charge in [0.15, 0.2) is 5.82 Å². The number of fused-ring (bicyclic) bond motifs is 1. The van der Waals surface area contributed by atoms with Crippen LogP contribution in [0.25, 0.3) is 29.4 Å². The van der Waals surface area contributed by atoms with Crippen LogP contribution in [0, 0.1) is 12.3 Å². The smallest absolute Gasteiger partial charge is 0.272 e. The first-order valence-corrected chi connectivity index (χ1v) is 16.2. The molecule has 2 saturated heterocycles. The highest BCUT2D eigenvalue weighted by molar-refractivity contribution is 5.93. The maximum atomic E-state index is 13.7. The normalized spacial score (nSPS) is 17.1. The van der Waals surface area contributed by atoms with E-state index in [-0.39, 0.29) is 17.2 Å². The van der Waals surface area contributed by atoms with Crippen molar-refractivity contribution in [1.82, 2.24) is 29.7 Å². The topological polar surface area (TPSA) is 107 Å². The van der Waals surface area contributed by atoms with Crippen molar-refractivity contribution in [2.45, 2.75) is 45.4 Å². The minimum absolute atomic E-state index is 0.00490. The molecule has 5 heterocycles. The predicted molar refractivity (Wildman–Crippen MR) is 180 cm³/mol. The Hall–Kier alpha value is -5.05. The van der Waals surface area contributed by atoms with Crippen LogP contribution in [0.4, 0.5) is 5.69 Å². The summed E-state index contributed by atoms with van der Waals surface area (Å²) in [7, 11) is 0. The highest BCUT2D eigenvalue weighted by Gasteiger charge is 2.41. The number of amides is 2. The number of benzene rings is 1. The molecule has 0 saturated carbocycles. The molecule has 2 fully saturated rings. The number of aryl methyl sites for hydroxylation is 1. The number of imidazole rings is 1. The van der Waals surface area contributed by atoms with E-state index in [4.69, 9.17) is 9.97 Å². The van der Waals surface area contributed by atoms with Gasteiger partial charge in [-0.15, -0.1) is 0 Å². The molecule has 0 atom stereocenters. The lowest BCUT2D eigenvalue weighted by Crippen LogP contribution is -2.52. The number of aromatic amines is 1. The molecule has 3 aliphatic rings. The van der Waals surface area contributed by atoms with Crippen LogP contribution >= 0.6 is 0 Å². The molecule has 2 aliphatic heterocycles. The number of para-hydroxylation sites is 1. The molecule has 2 N–H and O–H groups in total. The van der Waals surface area contributed by atoms with Crippen molar-refractivity contribution >= 4 is 35.4 Å². The largest absolute Gasteiger partial charge is 0.354 e. The van der Waals surface area contributed by atoms with Gasteiger partial charge in [-0.1, -0.05) is 49.1 Å². The first-order valence-electron chi connectivity index (χ1n) is 16.2. The number of nitrogens with zero attached hydrogens (tertiary/aromatic N) is 5. The van der Waals surface area contributed by atoms with E-state index in [1.54, 1.807) is 12.1 Å². The number of aromatic nitrogens is 4. The van der Waals surface area contributed by atoms with Gasteiger partial charge in [0.1, 0.15) is 17.1 Å². The van der Waals surface area contributed by atoms with Gasteiger partial charge in [-0.25, -0.2) is 15.0 Å². The average molecular weight is 614 g/mol. The molecule has 3 aromatic heterocycles. The summed E-state index contributed by atoms with van der Waals surface area (Å²) in [4.78, 5) is 48.6. The van der Waals surface area contributed by atoms with Crippen LogP contribution in [0.1, 0.15) is 70.8 Å². The Morgan fingerprint density at radius 3 is 2.33 bits per heavy atom. The summed E-state index contributed by atoms with van der Waals surface area (Å²) in [6.45, 7) is 8.87. The van der Waals surface area contributed by atoms with Gasteiger partial charge in [-0.05, 0) is 86.8 Å². The van der Waals surface area contributed by atoms with Crippen LogP contribution in [0.5, 0.6) is 0 Å². The molecule has 9 nitrogen and oxygen atoms in total. The Morgan fingerprint density at radius 2 is 1.52 bits per heavy atom. The summed E-state index contributed by atoms with van der Waals surface area (Å²) in [6, 6.07) is 19.1. The fraction of sp³-hybridized carbons (Fsp3) is 0.324. The van der Waals surface area contributed by atoms with Crippen LogP contribution in [0.3, 0.4) is 0 Å². The Morgan fingerprint density at radius 1 is 0.804 bits per heavy atom. The van der Waals surface area contributed by atoms with Crippen molar-refractivity contribution in [3.8, 4) is 11.5 Å². The molecule has 4 aromatic rings. The van der Waals surface area contributed by atoms with Gasteiger partial charge < -0.3 is 20.1 Å². The lowest BCUT2D eigenvalue weighted by molar-refractivity contribution is 0.0197. The van der Waals surface area contributed by atoms with E-state index in [1.807, 2.05) is 65.3 Å². The number of hydrogen-bond donors (Lipinski definition) is 2. The van der Waals surface area contributed by atoms with Crippen molar-refractivity contribution in [3.05, 3.63) is 101 Å². The van der Waals surface area contributed by atoms with Crippen molar-refractivity contribution in [2.24, 2.45) is 5.41 Å².